The van der Waals surface area contributed by atoms with Crippen molar-refractivity contribution in [1.29, 1.82) is 0 Å². The molecule has 0 spiro atoms. The monoisotopic (exact) mass is 334 g/mol. The van der Waals surface area contributed by atoms with Crippen LogP contribution in [-0.2, 0) is 6.54 Å². The van der Waals surface area contributed by atoms with Crippen molar-refractivity contribution in [2.24, 2.45) is 0 Å². The number of hydrogen-bond donors (Lipinski definition) is 1. The van der Waals surface area contributed by atoms with E-state index in [1.807, 2.05) is 18.2 Å². The van der Waals surface area contributed by atoms with Crippen LogP contribution in [0.1, 0.15) is 18.4 Å². The Morgan fingerprint density at radius 2 is 1.90 bits per heavy atom. The first kappa shape index (κ1) is 13.4. The molecule has 0 bridgehead atoms. The number of halogens is 2. The van der Waals surface area contributed by atoms with Gasteiger partial charge in [0.1, 0.15) is 5.82 Å². The van der Waals surface area contributed by atoms with E-state index in [1.165, 1.54) is 11.6 Å². The summed E-state index contributed by atoms with van der Waals surface area (Å²) in [6.45, 7) is 0.761. The van der Waals surface area contributed by atoms with Gasteiger partial charge in [0.15, 0.2) is 0 Å². The van der Waals surface area contributed by atoms with Crippen LogP contribution in [0, 0.1) is 5.82 Å². The molecule has 0 saturated heterocycles. The van der Waals surface area contributed by atoms with Crippen molar-refractivity contribution in [2.75, 3.05) is 10.6 Å². The van der Waals surface area contributed by atoms with E-state index in [2.05, 4.69) is 33.0 Å². The summed E-state index contributed by atoms with van der Waals surface area (Å²) in [5, 5.41) is 0. The first-order chi connectivity index (χ1) is 9.65. The molecular weight excluding hydrogens is 319 g/mol. The van der Waals surface area contributed by atoms with Crippen molar-refractivity contribution >= 4 is 27.3 Å². The largest absolute Gasteiger partial charge is 0.397 e. The summed E-state index contributed by atoms with van der Waals surface area (Å²) in [6, 6.07) is 13.8. The highest BCUT2D eigenvalue weighted by atomic mass is 79.9. The molecule has 3 rings (SSSR count). The molecule has 2 nitrogen and oxygen atoms in total. The van der Waals surface area contributed by atoms with Crippen molar-refractivity contribution in [3.8, 4) is 0 Å². The standard InChI is InChI=1S/C16H16BrFN2/c17-13-8-15(19)16(9-14(13)18)20(12-6-7-12)10-11-4-2-1-3-5-11/h1-5,8-9,12H,6-7,10,19H2. The van der Waals surface area contributed by atoms with Gasteiger partial charge in [-0.25, -0.2) is 4.39 Å². The molecule has 4 heteroatoms. The van der Waals surface area contributed by atoms with Gasteiger partial charge in [0.25, 0.3) is 0 Å². The number of benzene rings is 2. The van der Waals surface area contributed by atoms with Gasteiger partial charge in [-0.3, -0.25) is 0 Å². The minimum atomic E-state index is -0.270. The zero-order valence-corrected chi connectivity index (χ0v) is 12.6. The second-order valence-corrected chi connectivity index (χ2v) is 6.02. The Bertz CT molecular complexity index is 611. The molecule has 0 heterocycles. The van der Waals surface area contributed by atoms with E-state index >= 15 is 0 Å². The SMILES string of the molecule is Nc1cc(Br)c(F)cc1N(Cc1ccccc1)C1CC1. The smallest absolute Gasteiger partial charge is 0.139 e. The highest BCUT2D eigenvalue weighted by Gasteiger charge is 2.30. The molecule has 1 aliphatic rings. The van der Waals surface area contributed by atoms with Crippen molar-refractivity contribution in [3.63, 3.8) is 0 Å². The summed E-state index contributed by atoms with van der Waals surface area (Å²) in [4.78, 5) is 2.21. The molecule has 2 aromatic carbocycles. The summed E-state index contributed by atoms with van der Waals surface area (Å²) >= 11 is 3.18. The Morgan fingerprint density at radius 3 is 2.55 bits per heavy atom. The van der Waals surface area contributed by atoms with Crippen LogP contribution in [0.2, 0.25) is 0 Å². The minimum Gasteiger partial charge on any atom is -0.397 e. The third kappa shape index (κ3) is 2.80. The minimum absolute atomic E-state index is 0.270. The van der Waals surface area contributed by atoms with E-state index in [1.54, 1.807) is 6.07 Å². The van der Waals surface area contributed by atoms with Gasteiger partial charge in [0.2, 0.25) is 0 Å². The number of rotatable bonds is 4. The Kier molecular flexibility index (Phi) is 3.66. The van der Waals surface area contributed by atoms with Gasteiger partial charge >= 0.3 is 0 Å². The second-order valence-electron chi connectivity index (χ2n) is 5.17. The van der Waals surface area contributed by atoms with E-state index in [9.17, 15) is 4.39 Å². The molecule has 1 aliphatic carbocycles. The molecular formula is C16H16BrFN2. The number of nitrogens with zero attached hydrogens (tertiary/aromatic N) is 1. The molecule has 2 N–H and O–H groups in total. The van der Waals surface area contributed by atoms with Gasteiger partial charge in [-0.15, -0.1) is 0 Å². The van der Waals surface area contributed by atoms with E-state index in [-0.39, 0.29) is 5.82 Å². The van der Waals surface area contributed by atoms with Gasteiger partial charge in [-0.1, -0.05) is 30.3 Å². The molecule has 0 atom stereocenters. The molecule has 1 saturated carbocycles. The van der Waals surface area contributed by atoms with Crippen molar-refractivity contribution < 1.29 is 4.39 Å². The van der Waals surface area contributed by atoms with Gasteiger partial charge in [-0.05, 0) is 40.4 Å². The van der Waals surface area contributed by atoms with Gasteiger partial charge < -0.3 is 10.6 Å². The quantitative estimate of drug-likeness (QED) is 0.842. The maximum Gasteiger partial charge on any atom is 0.139 e. The normalized spacial score (nSPS) is 14.3. The summed E-state index contributed by atoms with van der Waals surface area (Å²) in [5.74, 6) is -0.270. The topological polar surface area (TPSA) is 29.3 Å². The first-order valence-electron chi connectivity index (χ1n) is 6.70. The molecule has 20 heavy (non-hydrogen) atoms. The van der Waals surface area contributed by atoms with Crippen LogP contribution in [-0.4, -0.2) is 6.04 Å². The highest BCUT2D eigenvalue weighted by Crippen LogP contribution is 2.38. The average molecular weight is 335 g/mol. The lowest BCUT2D eigenvalue weighted by atomic mass is 10.1. The maximum absolute atomic E-state index is 13.8. The number of anilines is 2. The molecule has 0 aromatic heterocycles. The number of nitrogens with two attached hydrogens (primary N) is 1. The van der Waals surface area contributed by atoms with E-state index in [0.29, 0.717) is 16.2 Å². The van der Waals surface area contributed by atoms with Crippen LogP contribution in [0.15, 0.2) is 46.9 Å². The summed E-state index contributed by atoms with van der Waals surface area (Å²) in [7, 11) is 0. The molecule has 104 valence electrons. The Morgan fingerprint density at radius 1 is 1.20 bits per heavy atom. The van der Waals surface area contributed by atoms with Crippen molar-refractivity contribution in [1.82, 2.24) is 0 Å². The fraction of sp³-hybridized carbons (Fsp3) is 0.250. The van der Waals surface area contributed by atoms with Gasteiger partial charge in [0, 0.05) is 18.7 Å². The lowest BCUT2D eigenvalue weighted by Crippen LogP contribution is -2.26. The zero-order valence-electron chi connectivity index (χ0n) is 11.0. The predicted octanol–water partition coefficient (Wildman–Crippen LogP) is 4.34. The van der Waals surface area contributed by atoms with Crippen LogP contribution in [0.25, 0.3) is 0 Å². The van der Waals surface area contributed by atoms with Crippen LogP contribution in [0.5, 0.6) is 0 Å². The zero-order chi connectivity index (χ0) is 14.1. The molecule has 0 amide bonds. The Hall–Kier alpha value is -1.55. The number of hydrogen-bond acceptors (Lipinski definition) is 2. The number of nitrogen functional groups attached to an aromatic ring is 1. The maximum atomic E-state index is 13.8. The average Bonchev–Trinajstić information content (AvgIpc) is 3.26. The molecule has 0 aliphatic heterocycles. The first-order valence-corrected chi connectivity index (χ1v) is 7.49. The third-order valence-electron chi connectivity index (χ3n) is 3.56. The van der Waals surface area contributed by atoms with Gasteiger partial charge in [-0.2, -0.15) is 0 Å². The second kappa shape index (κ2) is 5.44. The third-order valence-corrected chi connectivity index (χ3v) is 4.17. The predicted molar refractivity (Wildman–Crippen MR) is 84.2 cm³/mol. The van der Waals surface area contributed by atoms with E-state index in [4.69, 9.17) is 5.73 Å². The fourth-order valence-electron chi connectivity index (χ4n) is 2.38. The Labute approximate surface area is 126 Å². The summed E-state index contributed by atoms with van der Waals surface area (Å²) in [5.41, 5.74) is 8.68. The lowest BCUT2D eigenvalue weighted by molar-refractivity contribution is 0.619. The van der Waals surface area contributed by atoms with Crippen molar-refractivity contribution in [2.45, 2.75) is 25.4 Å². The summed E-state index contributed by atoms with van der Waals surface area (Å²) < 4.78 is 14.2. The van der Waals surface area contributed by atoms with Crippen molar-refractivity contribution in [3.05, 3.63) is 58.3 Å². The highest BCUT2D eigenvalue weighted by molar-refractivity contribution is 9.10. The van der Waals surface area contributed by atoms with Crippen LogP contribution >= 0.6 is 15.9 Å². The van der Waals surface area contributed by atoms with E-state index < -0.39 is 0 Å². The van der Waals surface area contributed by atoms with Crippen LogP contribution in [0.3, 0.4) is 0 Å². The molecule has 2 aromatic rings. The lowest BCUT2D eigenvalue weighted by Gasteiger charge is -2.26. The van der Waals surface area contributed by atoms with E-state index in [0.717, 1.165) is 25.1 Å². The fourth-order valence-corrected chi connectivity index (χ4v) is 2.74. The Balaban J connectivity index is 1.93. The van der Waals surface area contributed by atoms with Gasteiger partial charge in [0.05, 0.1) is 15.8 Å². The summed E-state index contributed by atoms with van der Waals surface area (Å²) in [6.07, 6.45) is 2.29. The molecule has 1 fully saturated rings. The van der Waals surface area contributed by atoms with Crippen LogP contribution in [0.4, 0.5) is 15.8 Å². The van der Waals surface area contributed by atoms with Crippen LogP contribution < -0.4 is 10.6 Å². The molecule has 0 radical (unpaired) electrons. The molecule has 0 unspecified atom stereocenters.